The zero-order chi connectivity index (χ0) is 21.6. The molecule has 0 bridgehead atoms. The van der Waals surface area contributed by atoms with Crippen LogP contribution in [0.1, 0.15) is 55.5 Å². The Balaban J connectivity index is 1.74. The number of hydrogen-bond donors (Lipinski definition) is 2. The summed E-state index contributed by atoms with van der Waals surface area (Å²) in [5, 5.41) is 5.30. The summed E-state index contributed by atoms with van der Waals surface area (Å²) < 4.78 is 38.2. The fourth-order valence-electron chi connectivity index (χ4n) is 3.49. The van der Waals surface area contributed by atoms with Gasteiger partial charge in [-0.1, -0.05) is 6.07 Å². The highest BCUT2D eigenvalue weighted by Crippen LogP contribution is 2.29. The van der Waals surface area contributed by atoms with Gasteiger partial charge in [-0.15, -0.1) is 0 Å². The van der Waals surface area contributed by atoms with Crippen LogP contribution in [-0.4, -0.2) is 48.9 Å². The number of nitrogens with zero attached hydrogens (tertiary/aromatic N) is 1. The SMILES string of the molecule is CC(C)N(C)CC1CCC(NC(=O)CNC(=O)c2cccc(C(F)(F)F)c2)CC1. The van der Waals surface area contributed by atoms with Crippen LogP contribution >= 0.6 is 0 Å². The van der Waals surface area contributed by atoms with Crippen LogP contribution in [0, 0.1) is 5.92 Å². The molecule has 1 aliphatic carbocycles. The van der Waals surface area contributed by atoms with Crippen LogP contribution < -0.4 is 10.6 Å². The van der Waals surface area contributed by atoms with Crippen LogP contribution in [0.2, 0.25) is 0 Å². The van der Waals surface area contributed by atoms with Crippen molar-refractivity contribution < 1.29 is 22.8 Å². The van der Waals surface area contributed by atoms with E-state index in [0.29, 0.717) is 12.0 Å². The van der Waals surface area contributed by atoms with Gasteiger partial charge in [0.2, 0.25) is 5.91 Å². The van der Waals surface area contributed by atoms with Gasteiger partial charge < -0.3 is 15.5 Å². The summed E-state index contributed by atoms with van der Waals surface area (Å²) >= 11 is 0. The molecular formula is C21H30F3N3O2. The minimum Gasteiger partial charge on any atom is -0.352 e. The van der Waals surface area contributed by atoms with Crippen LogP contribution in [0.5, 0.6) is 0 Å². The number of benzene rings is 1. The van der Waals surface area contributed by atoms with Gasteiger partial charge in [0.15, 0.2) is 0 Å². The molecule has 2 N–H and O–H groups in total. The summed E-state index contributed by atoms with van der Waals surface area (Å²) in [5.41, 5.74) is -1.02. The average Bonchev–Trinajstić information content (AvgIpc) is 2.67. The van der Waals surface area contributed by atoms with Crippen LogP contribution in [0.15, 0.2) is 24.3 Å². The zero-order valence-corrected chi connectivity index (χ0v) is 17.2. The number of rotatable bonds is 7. The van der Waals surface area contributed by atoms with E-state index in [1.54, 1.807) is 0 Å². The van der Waals surface area contributed by atoms with E-state index in [9.17, 15) is 22.8 Å². The molecule has 0 heterocycles. The van der Waals surface area contributed by atoms with Crippen molar-refractivity contribution in [2.24, 2.45) is 5.92 Å². The molecule has 1 aromatic rings. The molecule has 0 radical (unpaired) electrons. The third-order valence-corrected chi connectivity index (χ3v) is 5.50. The Bertz CT molecular complexity index is 699. The lowest BCUT2D eigenvalue weighted by atomic mass is 9.85. The minimum atomic E-state index is -4.52. The molecule has 0 unspecified atom stereocenters. The number of nitrogens with one attached hydrogen (secondary N) is 2. The molecule has 1 saturated carbocycles. The second-order valence-corrected chi connectivity index (χ2v) is 8.08. The fourth-order valence-corrected chi connectivity index (χ4v) is 3.49. The zero-order valence-electron chi connectivity index (χ0n) is 17.2. The lowest BCUT2D eigenvalue weighted by Gasteiger charge is -2.33. The van der Waals surface area contributed by atoms with Crippen molar-refractivity contribution in [1.29, 1.82) is 0 Å². The quantitative estimate of drug-likeness (QED) is 0.720. The monoisotopic (exact) mass is 413 g/mol. The van der Waals surface area contributed by atoms with Gasteiger partial charge in [0.05, 0.1) is 12.1 Å². The Morgan fingerprint density at radius 3 is 2.41 bits per heavy atom. The molecule has 0 aromatic heterocycles. The maximum atomic E-state index is 12.7. The Morgan fingerprint density at radius 1 is 1.17 bits per heavy atom. The van der Waals surface area contributed by atoms with Crippen molar-refractivity contribution in [3.63, 3.8) is 0 Å². The van der Waals surface area contributed by atoms with Gasteiger partial charge in [0.25, 0.3) is 5.91 Å². The van der Waals surface area contributed by atoms with E-state index in [2.05, 4.69) is 36.4 Å². The molecule has 29 heavy (non-hydrogen) atoms. The lowest BCUT2D eigenvalue weighted by Crippen LogP contribution is -2.44. The molecule has 8 heteroatoms. The second-order valence-electron chi connectivity index (χ2n) is 8.08. The van der Waals surface area contributed by atoms with Crippen molar-refractivity contribution in [3.8, 4) is 0 Å². The fraction of sp³-hybridized carbons (Fsp3) is 0.619. The first-order valence-corrected chi connectivity index (χ1v) is 10.0. The predicted octanol–water partition coefficient (Wildman–Crippen LogP) is 3.45. The molecule has 1 aromatic carbocycles. The predicted molar refractivity (Wildman–Crippen MR) is 105 cm³/mol. The summed E-state index contributed by atoms with van der Waals surface area (Å²) in [6, 6.07) is 4.73. The van der Waals surface area contributed by atoms with E-state index in [4.69, 9.17) is 0 Å². The summed E-state index contributed by atoms with van der Waals surface area (Å²) in [6.45, 7) is 5.12. The lowest BCUT2D eigenvalue weighted by molar-refractivity contribution is -0.137. The largest absolute Gasteiger partial charge is 0.416 e. The summed E-state index contributed by atoms with van der Waals surface area (Å²) in [4.78, 5) is 26.5. The first kappa shape index (κ1) is 23.2. The van der Waals surface area contributed by atoms with Crippen LogP contribution in [0.25, 0.3) is 0 Å². The molecular weight excluding hydrogens is 383 g/mol. The van der Waals surface area contributed by atoms with E-state index in [1.165, 1.54) is 12.1 Å². The standard InChI is InChI=1S/C21H30F3N3O2/c1-14(2)27(3)13-15-7-9-18(10-8-15)26-19(28)12-25-20(29)16-5-4-6-17(11-16)21(22,23)24/h4-6,11,14-15,18H,7-10,12-13H2,1-3H3,(H,25,29)(H,26,28). The Morgan fingerprint density at radius 2 is 1.83 bits per heavy atom. The maximum Gasteiger partial charge on any atom is 0.416 e. The van der Waals surface area contributed by atoms with Crippen molar-refractivity contribution >= 4 is 11.8 Å². The number of amides is 2. The van der Waals surface area contributed by atoms with Gasteiger partial charge in [0.1, 0.15) is 0 Å². The topological polar surface area (TPSA) is 61.4 Å². The van der Waals surface area contributed by atoms with Gasteiger partial charge in [-0.25, -0.2) is 0 Å². The normalized spacial score (nSPS) is 20.0. The van der Waals surface area contributed by atoms with Crippen LogP contribution in [0.3, 0.4) is 0 Å². The van der Waals surface area contributed by atoms with E-state index >= 15 is 0 Å². The van der Waals surface area contributed by atoms with E-state index < -0.39 is 17.6 Å². The van der Waals surface area contributed by atoms with Crippen LogP contribution in [-0.2, 0) is 11.0 Å². The van der Waals surface area contributed by atoms with Gasteiger partial charge in [-0.2, -0.15) is 13.2 Å². The van der Waals surface area contributed by atoms with Crippen molar-refractivity contribution in [2.75, 3.05) is 20.1 Å². The molecule has 1 aliphatic rings. The Hall–Kier alpha value is -2.09. The molecule has 162 valence electrons. The number of alkyl halides is 3. The second kappa shape index (κ2) is 10.1. The van der Waals surface area contributed by atoms with Crippen molar-refractivity contribution in [3.05, 3.63) is 35.4 Å². The Labute approximate surface area is 170 Å². The summed E-state index contributed by atoms with van der Waals surface area (Å²) in [5.74, 6) is -0.407. The summed E-state index contributed by atoms with van der Waals surface area (Å²) in [6.07, 6.45) is -0.651. The molecule has 2 rings (SSSR count). The van der Waals surface area contributed by atoms with Gasteiger partial charge >= 0.3 is 6.18 Å². The average molecular weight is 413 g/mol. The first-order valence-electron chi connectivity index (χ1n) is 10.0. The van der Waals surface area contributed by atoms with Gasteiger partial charge in [0, 0.05) is 24.2 Å². The Kier molecular flexibility index (Phi) is 8.07. The van der Waals surface area contributed by atoms with Crippen molar-refractivity contribution in [1.82, 2.24) is 15.5 Å². The first-order chi connectivity index (χ1) is 13.6. The van der Waals surface area contributed by atoms with Gasteiger partial charge in [-0.3, -0.25) is 9.59 Å². The number of hydrogen-bond acceptors (Lipinski definition) is 3. The number of halogens is 3. The van der Waals surface area contributed by atoms with Gasteiger partial charge in [-0.05, 0) is 70.7 Å². The molecule has 0 atom stereocenters. The number of carbonyl (C=O) groups is 2. The molecule has 5 nitrogen and oxygen atoms in total. The molecule has 2 amide bonds. The van der Waals surface area contributed by atoms with Crippen molar-refractivity contribution in [2.45, 2.75) is 57.8 Å². The van der Waals surface area contributed by atoms with E-state index in [-0.39, 0.29) is 24.1 Å². The summed E-state index contributed by atoms with van der Waals surface area (Å²) in [7, 11) is 2.12. The molecule has 0 aliphatic heterocycles. The van der Waals surface area contributed by atoms with E-state index in [0.717, 1.165) is 44.4 Å². The number of carbonyl (C=O) groups excluding carboxylic acids is 2. The third-order valence-electron chi connectivity index (χ3n) is 5.50. The molecule has 1 fully saturated rings. The molecule has 0 spiro atoms. The third kappa shape index (κ3) is 7.34. The molecule has 0 saturated heterocycles. The smallest absolute Gasteiger partial charge is 0.352 e. The van der Waals surface area contributed by atoms with E-state index in [1.807, 2.05) is 0 Å². The highest BCUT2D eigenvalue weighted by molar-refractivity contribution is 5.96. The van der Waals surface area contributed by atoms with Crippen LogP contribution in [0.4, 0.5) is 13.2 Å². The highest BCUT2D eigenvalue weighted by Gasteiger charge is 2.31. The highest BCUT2D eigenvalue weighted by atomic mass is 19.4. The maximum absolute atomic E-state index is 12.7. The minimum absolute atomic E-state index is 0.0774.